The first-order chi connectivity index (χ1) is 8.63. The van der Waals surface area contributed by atoms with Crippen LogP contribution in [0.4, 0.5) is 4.79 Å². The van der Waals surface area contributed by atoms with E-state index < -0.39 is 5.97 Å². The zero-order chi connectivity index (χ0) is 13.4. The van der Waals surface area contributed by atoms with Crippen molar-refractivity contribution in [1.29, 1.82) is 0 Å². The average Bonchev–Trinajstić information content (AvgIpc) is 2.38. The summed E-state index contributed by atoms with van der Waals surface area (Å²) in [4.78, 5) is 23.7. The SMILES string of the molecule is CCN(CCC(=O)O)C(=O)NCc1ccccc1. The molecule has 0 aliphatic heterocycles. The smallest absolute Gasteiger partial charge is 0.317 e. The molecule has 2 N–H and O–H groups in total. The van der Waals surface area contributed by atoms with Gasteiger partial charge in [-0.1, -0.05) is 30.3 Å². The molecule has 0 unspecified atom stereocenters. The molecule has 0 heterocycles. The Hall–Kier alpha value is -2.04. The van der Waals surface area contributed by atoms with Gasteiger partial charge in [0, 0.05) is 19.6 Å². The fourth-order valence-corrected chi connectivity index (χ4v) is 1.52. The van der Waals surface area contributed by atoms with Crippen LogP contribution in [0.1, 0.15) is 18.9 Å². The Labute approximate surface area is 106 Å². The van der Waals surface area contributed by atoms with Crippen molar-refractivity contribution in [3.8, 4) is 0 Å². The average molecular weight is 250 g/mol. The molecule has 5 nitrogen and oxygen atoms in total. The number of hydrogen-bond donors (Lipinski definition) is 2. The molecule has 0 saturated heterocycles. The van der Waals surface area contributed by atoms with Crippen LogP contribution < -0.4 is 5.32 Å². The molecule has 1 rings (SSSR count). The Balaban J connectivity index is 2.40. The topological polar surface area (TPSA) is 69.6 Å². The number of benzene rings is 1. The van der Waals surface area contributed by atoms with E-state index in [1.807, 2.05) is 37.3 Å². The van der Waals surface area contributed by atoms with Gasteiger partial charge in [0.1, 0.15) is 0 Å². The molecule has 1 aromatic carbocycles. The van der Waals surface area contributed by atoms with Gasteiger partial charge in [0.15, 0.2) is 0 Å². The number of carbonyl (C=O) groups is 2. The summed E-state index contributed by atoms with van der Waals surface area (Å²) in [7, 11) is 0. The zero-order valence-electron chi connectivity index (χ0n) is 10.4. The van der Waals surface area contributed by atoms with Crippen LogP contribution >= 0.6 is 0 Å². The third kappa shape index (κ3) is 4.86. The van der Waals surface area contributed by atoms with Crippen molar-refractivity contribution in [1.82, 2.24) is 10.2 Å². The van der Waals surface area contributed by atoms with E-state index in [1.165, 1.54) is 4.90 Å². The van der Waals surface area contributed by atoms with Gasteiger partial charge in [0.2, 0.25) is 0 Å². The largest absolute Gasteiger partial charge is 0.481 e. The molecule has 0 saturated carbocycles. The monoisotopic (exact) mass is 250 g/mol. The van der Waals surface area contributed by atoms with Gasteiger partial charge in [0.05, 0.1) is 6.42 Å². The normalized spacial score (nSPS) is 9.83. The lowest BCUT2D eigenvalue weighted by molar-refractivity contribution is -0.137. The number of urea groups is 1. The second-order valence-electron chi connectivity index (χ2n) is 3.87. The van der Waals surface area contributed by atoms with E-state index in [1.54, 1.807) is 0 Å². The number of hydrogen-bond acceptors (Lipinski definition) is 2. The minimum absolute atomic E-state index is 0.0351. The molecule has 0 fully saturated rings. The molecule has 5 heteroatoms. The van der Waals surface area contributed by atoms with Gasteiger partial charge in [-0.2, -0.15) is 0 Å². The predicted molar refractivity (Wildman–Crippen MR) is 68.2 cm³/mol. The maximum atomic E-state index is 11.8. The van der Waals surface area contributed by atoms with Gasteiger partial charge in [-0.25, -0.2) is 4.79 Å². The molecular weight excluding hydrogens is 232 g/mol. The van der Waals surface area contributed by atoms with E-state index in [0.29, 0.717) is 13.1 Å². The highest BCUT2D eigenvalue weighted by Crippen LogP contribution is 1.99. The van der Waals surface area contributed by atoms with E-state index in [9.17, 15) is 9.59 Å². The van der Waals surface area contributed by atoms with Crippen LogP contribution in [0.2, 0.25) is 0 Å². The van der Waals surface area contributed by atoms with Crippen molar-refractivity contribution in [3.63, 3.8) is 0 Å². The Kier molecular flexibility index (Phi) is 5.70. The molecular formula is C13H18N2O3. The number of rotatable bonds is 6. The minimum Gasteiger partial charge on any atom is -0.481 e. The lowest BCUT2D eigenvalue weighted by atomic mass is 10.2. The number of amides is 2. The van der Waals surface area contributed by atoms with Crippen LogP contribution in [-0.4, -0.2) is 35.1 Å². The van der Waals surface area contributed by atoms with Gasteiger partial charge >= 0.3 is 12.0 Å². The first-order valence-electron chi connectivity index (χ1n) is 5.92. The lowest BCUT2D eigenvalue weighted by Crippen LogP contribution is -2.40. The zero-order valence-corrected chi connectivity index (χ0v) is 10.4. The van der Waals surface area contributed by atoms with Crippen LogP contribution in [0.3, 0.4) is 0 Å². The predicted octanol–water partition coefficient (Wildman–Crippen LogP) is 1.69. The van der Waals surface area contributed by atoms with Crippen molar-refractivity contribution >= 4 is 12.0 Å². The number of carboxylic acid groups (broad SMARTS) is 1. The van der Waals surface area contributed by atoms with E-state index in [-0.39, 0.29) is 19.0 Å². The summed E-state index contributed by atoms with van der Waals surface area (Å²) in [6.45, 7) is 2.99. The second-order valence-corrected chi connectivity index (χ2v) is 3.87. The molecule has 0 atom stereocenters. The number of carbonyl (C=O) groups excluding carboxylic acids is 1. The standard InChI is InChI=1S/C13H18N2O3/c1-2-15(9-8-12(16)17)13(18)14-10-11-6-4-3-5-7-11/h3-7H,2,8-10H2,1H3,(H,14,18)(H,16,17). The highest BCUT2D eigenvalue weighted by molar-refractivity contribution is 5.75. The summed E-state index contributed by atoms with van der Waals surface area (Å²) in [6.07, 6.45) is -0.0351. The molecule has 0 aliphatic carbocycles. The van der Waals surface area contributed by atoms with E-state index in [4.69, 9.17) is 5.11 Å². The molecule has 0 aromatic heterocycles. The second kappa shape index (κ2) is 7.32. The van der Waals surface area contributed by atoms with Gasteiger partial charge in [-0.05, 0) is 12.5 Å². The molecule has 2 amide bonds. The maximum Gasteiger partial charge on any atom is 0.317 e. The summed E-state index contributed by atoms with van der Waals surface area (Å²) >= 11 is 0. The molecule has 0 radical (unpaired) electrons. The Morgan fingerprint density at radius 1 is 1.28 bits per heavy atom. The van der Waals surface area contributed by atoms with Gasteiger partial charge in [-0.3, -0.25) is 4.79 Å². The Morgan fingerprint density at radius 2 is 1.94 bits per heavy atom. The quantitative estimate of drug-likeness (QED) is 0.807. The van der Waals surface area contributed by atoms with Crippen LogP contribution in [0.5, 0.6) is 0 Å². The maximum absolute atomic E-state index is 11.8. The van der Waals surface area contributed by atoms with Gasteiger partial charge in [0.25, 0.3) is 0 Å². The summed E-state index contributed by atoms with van der Waals surface area (Å²) in [6, 6.07) is 9.34. The van der Waals surface area contributed by atoms with Gasteiger partial charge < -0.3 is 15.3 Å². The van der Waals surface area contributed by atoms with Crippen LogP contribution in [0.15, 0.2) is 30.3 Å². The van der Waals surface area contributed by atoms with E-state index in [2.05, 4.69) is 5.32 Å². The summed E-state index contributed by atoms with van der Waals surface area (Å²) in [5.74, 6) is -0.899. The first-order valence-corrected chi connectivity index (χ1v) is 5.92. The molecule has 0 spiro atoms. The Bertz CT molecular complexity index is 392. The molecule has 0 aliphatic rings. The van der Waals surface area contributed by atoms with Crippen LogP contribution in [0, 0.1) is 0 Å². The third-order valence-electron chi connectivity index (χ3n) is 2.55. The van der Waals surface area contributed by atoms with Crippen molar-refractivity contribution in [2.24, 2.45) is 0 Å². The Morgan fingerprint density at radius 3 is 2.50 bits per heavy atom. The first kappa shape index (κ1) is 14.0. The van der Waals surface area contributed by atoms with Gasteiger partial charge in [-0.15, -0.1) is 0 Å². The third-order valence-corrected chi connectivity index (χ3v) is 2.55. The van der Waals surface area contributed by atoms with Crippen LogP contribution in [0.25, 0.3) is 0 Å². The van der Waals surface area contributed by atoms with Crippen molar-refractivity contribution in [2.45, 2.75) is 19.9 Å². The minimum atomic E-state index is -0.899. The fourth-order valence-electron chi connectivity index (χ4n) is 1.52. The fraction of sp³-hybridized carbons (Fsp3) is 0.385. The number of nitrogens with zero attached hydrogens (tertiary/aromatic N) is 1. The van der Waals surface area contributed by atoms with E-state index in [0.717, 1.165) is 5.56 Å². The number of nitrogens with one attached hydrogen (secondary N) is 1. The number of carboxylic acids is 1. The van der Waals surface area contributed by atoms with E-state index >= 15 is 0 Å². The van der Waals surface area contributed by atoms with Crippen molar-refractivity contribution in [3.05, 3.63) is 35.9 Å². The lowest BCUT2D eigenvalue weighted by Gasteiger charge is -2.20. The van der Waals surface area contributed by atoms with Crippen LogP contribution in [-0.2, 0) is 11.3 Å². The highest BCUT2D eigenvalue weighted by Gasteiger charge is 2.12. The summed E-state index contributed by atoms with van der Waals surface area (Å²) in [5, 5.41) is 11.4. The molecule has 0 bridgehead atoms. The summed E-state index contributed by atoms with van der Waals surface area (Å²) < 4.78 is 0. The summed E-state index contributed by atoms with van der Waals surface area (Å²) in [5.41, 5.74) is 1.01. The van der Waals surface area contributed by atoms with Crippen molar-refractivity contribution in [2.75, 3.05) is 13.1 Å². The molecule has 98 valence electrons. The number of aliphatic carboxylic acids is 1. The molecule has 18 heavy (non-hydrogen) atoms. The highest BCUT2D eigenvalue weighted by atomic mass is 16.4. The molecule has 1 aromatic rings. The van der Waals surface area contributed by atoms with Crippen molar-refractivity contribution < 1.29 is 14.7 Å².